The average Bonchev–Trinajstić information content (AvgIpc) is 2.97. The van der Waals surface area contributed by atoms with Gasteiger partial charge in [0.25, 0.3) is 0 Å². The Morgan fingerprint density at radius 1 is 1.35 bits per heavy atom. The fraction of sp³-hybridized carbons (Fsp3) is 0.467. The van der Waals surface area contributed by atoms with Crippen molar-refractivity contribution in [3.05, 3.63) is 41.7 Å². The zero-order valence-corrected chi connectivity index (χ0v) is 12.6. The molecule has 2 atom stereocenters. The Morgan fingerprint density at radius 2 is 2.15 bits per heavy atom. The molecule has 0 N–H and O–H groups in total. The highest BCUT2D eigenvalue weighted by Crippen LogP contribution is 2.29. The van der Waals surface area contributed by atoms with E-state index in [0.29, 0.717) is 6.04 Å². The second-order valence-electron chi connectivity index (χ2n) is 5.08. The lowest BCUT2D eigenvalue weighted by molar-refractivity contribution is 0.0215. The Morgan fingerprint density at radius 3 is 2.85 bits per heavy atom. The van der Waals surface area contributed by atoms with E-state index in [1.54, 1.807) is 0 Å². The number of hydrogen-bond acceptors (Lipinski definition) is 5. The van der Waals surface area contributed by atoms with Crippen molar-refractivity contribution >= 4 is 16.7 Å². The lowest BCUT2D eigenvalue weighted by Gasteiger charge is -2.37. The van der Waals surface area contributed by atoms with E-state index in [1.807, 2.05) is 6.07 Å². The van der Waals surface area contributed by atoms with Crippen LogP contribution in [0.15, 0.2) is 30.3 Å². The molecule has 0 saturated carbocycles. The molecule has 1 aliphatic rings. The van der Waals surface area contributed by atoms with Crippen LogP contribution in [-0.4, -0.2) is 28.6 Å². The standard InChI is InChI=1S/C15H19N3OS/c1-3-14-16-15(20-17-14)18-9-13(19-10-11(18)2)12-7-5-4-6-8-12/h4-8,11,13H,3,9-10H2,1-2H3/t11-,13+/m1/s1. The van der Waals surface area contributed by atoms with E-state index >= 15 is 0 Å². The first kappa shape index (κ1) is 13.5. The van der Waals surface area contributed by atoms with Crippen LogP contribution in [0, 0.1) is 0 Å². The highest BCUT2D eigenvalue weighted by Gasteiger charge is 2.29. The molecule has 1 aromatic carbocycles. The summed E-state index contributed by atoms with van der Waals surface area (Å²) in [6.45, 7) is 5.82. The van der Waals surface area contributed by atoms with E-state index in [1.165, 1.54) is 17.1 Å². The van der Waals surface area contributed by atoms with Gasteiger partial charge in [0, 0.05) is 18.0 Å². The largest absolute Gasteiger partial charge is 0.370 e. The van der Waals surface area contributed by atoms with Gasteiger partial charge < -0.3 is 9.64 Å². The van der Waals surface area contributed by atoms with Gasteiger partial charge in [0.15, 0.2) is 0 Å². The van der Waals surface area contributed by atoms with Crippen molar-refractivity contribution in [2.24, 2.45) is 0 Å². The summed E-state index contributed by atoms with van der Waals surface area (Å²) in [4.78, 5) is 6.93. The zero-order chi connectivity index (χ0) is 13.9. The Labute approximate surface area is 123 Å². The maximum atomic E-state index is 5.98. The Balaban J connectivity index is 1.80. The van der Waals surface area contributed by atoms with Gasteiger partial charge in [0.1, 0.15) is 11.9 Å². The molecule has 5 heteroatoms. The number of ether oxygens (including phenoxy) is 1. The van der Waals surface area contributed by atoms with Crippen LogP contribution >= 0.6 is 11.5 Å². The van der Waals surface area contributed by atoms with Crippen molar-refractivity contribution in [3.63, 3.8) is 0 Å². The van der Waals surface area contributed by atoms with Crippen LogP contribution in [0.1, 0.15) is 31.3 Å². The second-order valence-corrected chi connectivity index (χ2v) is 5.81. The fourth-order valence-electron chi connectivity index (χ4n) is 2.40. The van der Waals surface area contributed by atoms with E-state index in [-0.39, 0.29) is 6.10 Å². The van der Waals surface area contributed by atoms with Gasteiger partial charge in [-0.2, -0.15) is 4.37 Å². The smallest absolute Gasteiger partial charge is 0.205 e. The third-order valence-electron chi connectivity index (χ3n) is 3.62. The first-order chi connectivity index (χ1) is 9.78. The first-order valence-corrected chi connectivity index (χ1v) is 7.81. The number of anilines is 1. The number of aryl methyl sites for hydroxylation is 1. The molecule has 0 bridgehead atoms. The number of rotatable bonds is 3. The predicted molar refractivity (Wildman–Crippen MR) is 81.2 cm³/mol. The van der Waals surface area contributed by atoms with Crippen molar-refractivity contribution in [3.8, 4) is 0 Å². The minimum absolute atomic E-state index is 0.112. The van der Waals surface area contributed by atoms with Crippen LogP contribution in [0.25, 0.3) is 0 Å². The summed E-state index contributed by atoms with van der Waals surface area (Å²) in [6.07, 6.45) is 0.999. The Kier molecular flexibility index (Phi) is 3.98. The van der Waals surface area contributed by atoms with Gasteiger partial charge in [-0.05, 0) is 12.5 Å². The van der Waals surface area contributed by atoms with Gasteiger partial charge >= 0.3 is 0 Å². The highest BCUT2D eigenvalue weighted by atomic mass is 32.1. The quantitative estimate of drug-likeness (QED) is 0.870. The Hall–Kier alpha value is -1.46. The molecule has 1 saturated heterocycles. The molecule has 1 fully saturated rings. The van der Waals surface area contributed by atoms with Crippen molar-refractivity contribution in [1.29, 1.82) is 0 Å². The molecule has 0 amide bonds. The van der Waals surface area contributed by atoms with Crippen molar-refractivity contribution < 1.29 is 4.74 Å². The van der Waals surface area contributed by atoms with Crippen LogP contribution in [0.3, 0.4) is 0 Å². The van der Waals surface area contributed by atoms with Crippen LogP contribution in [0.2, 0.25) is 0 Å². The summed E-state index contributed by atoms with van der Waals surface area (Å²) in [6, 6.07) is 10.7. The van der Waals surface area contributed by atoms with Gasteiger partial charge in [-0.3, -0.25) is 0 Å². The lowest BCUT2D eigenvalue weighted by atomic mass is 10.1. The average molecular weight is 289 g/mol. The van der Waals surface area contributed by atoms with Crippen molar-refractivity contribution in [2.45, 2.75) is 32.4 Å². The molecular formula is C15H19N3OS. The molecule has 4 nitrogen and oxygen atoms in total. The van der Waals surface area contributed by atoms with Gasteiger partial charge in [0.2, 0.25) is 5.13 Å². The number of nitrogens with zero attached hydrogens (tertiary/aromatic N) is 3. The molecule has 0 spiro atoms. The third kappa shape index (κ3) is 2.69. The van der Waals surface area contributed by atoms with E-state index in [2.05, 4.69) is 52.4 Å². The maximum Gasteiger partial charge on any atom is 0.205 e. The number of benzene rings is 1. The summed E-state index contributed by atoms with van der Waals surface area (Å²) in [5, 5.41) is 1.01. The maximum absolute atomic E-state index is 5.98. The number of aromatic nitrogens is 2. The summed E-state index contributed by atoms with van der Waals surface area (Å²) < 4.78 is 10.4. The molecule has 2 aromatic rings. The Bertz CT molecular complexity index is 557. The normalized spacial score (nSPS) is 23.0. The summed E-state index contributed by atoms with van der Waals surface area (Å²) in [7, 11) is 0. The number of hydrogen-bond donors (Lipinski definition) is 0. The van der Waals surface area contributed by atoms with Crippen LogP contribution < -0.4 is 4.90 Å². The predicted octanol–water partition coefficient (Wildman–Crippen LogP) is 3.07. The molecule has 1 aromatic heterocycles. The number of morpholine rings is 1. The summed E-state index contributed by atoms with van der Waals surface area (Å²) in [5.74, 6) is 0.931. The monoisotopic (exact) mass is 289 g/mol. The van der Waals surface area contributed by atoms with E-state index < -0.39 is 0 Å². The minimum Gasteiger partial charge on any atom is -0.370 e. The molecule has 0 radical (unpaired) electrons. The SMILES string of the molecule is CCc1nsc(N2C[C@@H](c3ccccc3)OC[C@H]2C)n1. The third-order valence-corrected chi connectivity index (χ3v) is 4.41. The zero-order valence-electron chi connectivity index (χ0n) is 11.8. The molecule has 0 unspecified atom stereocenters. The van der Waals surface area contributed by atoms with Gasteiger partial charge in [-0.1, -0.05) is 37.3 Å². The molecule has 106 valence electrons. The fourth-order valence-corrected chi connectivity index (χ4v) is 3.26. The topological polar surface area (TPSA) is 38.2 Å². The summed E-state index contributed by atoms with van der Waals surface area (Å²) in [5.41, 5.74) is 1.23. The molecule has 1 aliphatic heterocycles. The van der Waals surface area contributed by atoms with Crippen molar-refractivity contribution in [2.75, 3.05) is 18.1 Å². The summed E-state index contributed by atoms with van der Waals surface area (Å²) >= 11 is 1.49. The van der Waals surface area contributed by atoms with E-state index in [0.717, 1.165) is 30.5 Å². The molecular weight excluding hydrogens is 270 g/mol. The van der Waals surface area contributed by atoms with Gasteiger partial charge in [0.05, 0.1) is 19.2 Å². The molecule has 0 aliphatic carbocycles. The van der Waals surface area contributed by atoms with Crippen LogP contribution in [-0.2, 0) is 11.2 Å². The van der Waals surface area contributed by atoms with Gasteiger partial charge in [-0.15, -0.1) is 0 Å². The highest BCUT2D eigenvalue weighted by molar-refractivity contribution is 7.09. The van der Waals surface area contributed by atoms with E-state index in [4.69, 9.17) is 4.74 Å². The van der Waals surface area contributed by atoms with Gasteiger partial charge in [-0.25, -0.2) is 4.98 Å². The molecule has 2 heterocycles. The van der Waals surface area contributed by atoms with Crippen LogP contribution in [0.4, 0.5) is 5.13 Å². The van der Waals surface area contributed by atoms with Crippen LogP contribution in [0.5, 0.6) is 0 Å². The van der Waals surface area contributed by atoms with Crippen molar-refractivity contribution in [1.82, 2.24) is 9.36 Å². The van der Waals surface area contributed by atoms with E-state index in [9.17, 15) is 0 Å². The molecule has 20 heavy (non-hydrogen) atoms. The second kappa shape index (κ2) is 5.89. The molecule has 3 rings (SSSR count). The first-order valence-electron chi connectivity index (χ1n) is 7.03. The lowest BCUT2D eigenvalue weighted by Crippen LogP contribution is -2.45. The minimum atomic E-state index is 0.112.